The molecule has 2 heterocycles. The van der Waals surface area contributed by atoms with Crippen molar-refractivity contribution in [3.8, 4) is 0 Å². The van der Waals surface area contributed by atoms with Gasteiger partial charge in [-0.2, -0.15) is 0 Å². The Morgan fingerprint density at radius 3 is 1.00 bits per heavy atom. The Hall–Kier alpha value is 0.420. The zero-order chi connectivity index (χ0) is 12.1. The van der Waals surface area contributed by atoms with Crippen LogP contribution >= 0.6 is 25.2 Å². The lowest BCUT2D eigenvalue weighted by Gasteiger charge is -2.08. The highest BCUT2D eigenvalue weighted by Crippen LogP contribution is 1.98. The van der Waals surface area contributed by atoms with Gasteiger partial charge in [0.05, 0.1) is 0 Å². The third-order valence-electron chi connectivity index (χ3n) is 2.41. The van der Waals surface area contributed by atoms with Crippen molar-refractivity contribution in [1.29, 1.82) is 0 Å². The van der Waals surface area contributed by atoms with Crippen LogP contribution in [0.3, 0.4) is 0 Å². The van der Waals surface area contributed by atoms with Gasteiger partial charge in [0.1, 0.15) is 0 Å². The molecule has 0 aliphatic carbocycles. The molecule has 2 fully saturated rings. The lowest BCUT2D eigenvalue weighted by molar-refractivity contribution is 0.405. The fraction of sp³-hybridized carbons (Fsp3) is 1.00. The molecule has 0 aromatic heterocycles. The van der Waals surface area contributed by atoms with E-state index in [-0.39, 0.29) is 17.0 Å². The van der Waals surface area contributed by atoms with Gasteiger partial charge >= 0.3 is 8.25 Å². The van der Waals surface area contributed by atoms with Crippen molar-refractivity contribution in [2.45, 2.75) is 38.5 Å². The van der Waals surface area contributed by atoms with Crippen LogP contribution < -0.4 is 10.6 Å². The molecule has 7 heteroatoms. The van der Waals surface area contributed by atoms with Gasteiger partial charge in [0, 0.05) is 4.57 Å². The maximum absolute atomic E-state index is 8.70. The van der Waals surface area contributed by atoms with Crippen LogP contribution in [-0.2, 0) is 4.57 Å². The molecule has 0 bridgehead atoms. The summed E-state index contributed by atoms with van der Waals surface area (Å²) in [5.74, 6) is 0. The van der Waals surface area contributed by atoms with Crippen molar-refractivity contribution >= 4 is 25.2 Å². The maximum Gasteiger partial charge on any atom is 0.692 e. The van der Waals surface area contributed by atoms with Crippen LogP contribution in [0.1, 0.15) is 38.5 Å². The van der Waals surface area contributed by atoms with Crippen molar-refractivity contribution < 1.29 is 14.4 Å². The Kier molecular flexibility index (Phi) is 19.1. The first-order valence-electron chi connectivity index (χ1n) is 6.00. The van der Waals surface area contributed by atoms with Crippen LogP contribution in [0, 0.1) is 0 Å². The standard InChI is InChI=1S/2C5H11N.BrH.HO3P/c2*1-2-4-6-5-3-1;;1-4(2)3/h2*6H,1-5H2;1H;(H-,1,2,3)/p+1. The van der Waals surface area contributed by atoms with Crippen LogP contribution in [0.25, 0.3) is 0 Å². The number of hydrogen-bond acceptors (Lipinski definition) is 3. The quantitative estimate of drug-likeness (QED) is 0.508. The number of nitrogens with one attached hydrogen (secondary N) is 2. The summed E-state index contributed by atoms with van der Waals surface area (Å²) >= 11 is 0. The number of halogens is 1. The third-order valence-corrected chi connectivity index (χ3v) is 2.41. The van der Waals surface area contributed by atoms with Gasteiger partial charge in [-0.1, -0.05) is 12.8 Å². The number of hydrogen-bond donors (Lipinski definition) is 4. The second-order valence-corrected chi connectivity index (χ2v) is 4.38. The van der Waals surface area contributed by atoms with Gasteiger partial charge in [-0.3, -0.25) is 0 Å². The first-order valence-corrected chi connectivity index (χ1v) is 7.16. The van der Waals surface area contributed by atoms with Crippen LogP contribution in [0.5, 0.6) is 0 Å². The molecule has 2 aliphatic heterocycles. The van der Waals surface area contributed by atoms with E-state index in [1.165, 1.54) is 64.7 Å². The molecule has 0 saturated carbocycles. The summed E-state index contributed by atoms with van der Waals surface area (Å²) in [7, 11) is -2.87. The average molecular weight is 332 g/mol. The predicted molar refractivity (Wildman–Crippen MR) is 75.8 cm³/mol. The van der Waals surface area contributed by atoms with E-state index in [1.54, 1.807) is 0 Å². The molecule has 0 amide bonds. The van der Waals surface area contributed by atoms with Crippen LogP contribution in [0.4, 0.5) is 0 Å². The van der Waals surface area contributed by atoms with Crippen LogP contribution in [0.15, 0.2) is 0 Å². The monoisotopic (exact) mass is 331 g/mol. The van der Waals surface area contributed by atoms with E-state index in [1.807, 2.05) is 0 Å². The van der Waals surface area contributed by atoms with Crippen LogP contribution in [-0.4, -0.2) is 36.0 Å². The maximum atomic E-state index is 8.70. The molecule has 104 valence electrons. The molecule has 4 N–H and O–H groups in total. The van der Waals surface area contributed by atoms with Crippen molar-refractivity contribution in [2.75, 3.05) is 26.2 Å². The Labute approximate surface area is 115 Å². The predicted octanol–water partition coefficient (Wildman–Crippen LogP) is 1.73. The largest absolute Gasteiger partial charge is 0.692 e. The summed E-state index contributed by atoms with van der Waals surface area (Å²) < 4.78 is 8.70. The van der Waals surface area contributed by atoms with E-state index < -0.39 is 8.25 Å². The van der Waals surface area contributed by atoms with Gasteiger partial charge in [0.15, 0.2) is 0 Å². The highest BCUT2D eigenvalue weighted by Gasteiger charge is 1.94. The topological polar surface area (TPSA) is 81.6 Å². The molecule has 2 saturated heterocycles. The lowest BCUT2D eigenvalue weighted by Crippen LogP contribution is -2.21. The average Bonchev–Trinajstić information content (AvgIpc) is 2.34. The molecule has 0 unspecified atom stereocenters. The SMILES string of the molecule is Br.C1CCNCC1.C1CCNCC1.O=[P+](O)O. The zero-order valence-electron chi connectivity index (χ0n) is 10.2. The van der Waals surface area contributed by atoms with Gasteiger partial charge in [0.25, 0.3) is 0 Å². The van der Waals surface area contributed by atoms with E-state index >= 15 is 0 Å². The molecule has 0 aromatic carbocycles. The van der Waals surface area contributed by atoms with Gasteiger partial charge in [0.2, 0.25) is 0 Å². The van der Waals surface area contributed by atoms with Gasteiger partial charge < -0.3 is 10.6 Å². The molecule has 0 spiro atoms. The van der Waals surface area contributed by atoms with Crippen molar-refractivity contribution in [1.82, 2.24) is 10.6 Å². The van der Waals surface area contributed by atoms with E-state index in [4.69, 9.17) is 14.4 Å². The minimum Gasteiger partial charge on any atom is -0.317 e. The third kappa shape index (κ3) is 22.1. The second-order valence-electron chi connectivity index (χ2n) is 3.87. The minimum absolute atomic E-state index is 0. The van der Waals surface area contributed by atoms with E-state index in [0.29, 0.717) is 0 Å². The van der Waals surface area contributed by atoms with Crippen molar-refractivity contribution in [3.05, 3.63) is 0 Å². The molecule has 0 radical (unpaired) electrons. The molecule has 0 atom stereocenters. The molecular weight excluding hydrogens is 307 g/mol. The number of piperidine rings is 2. The Bertz CT molecular complexity index is 129. The van der Waals surface area contributed by atoms with Gasteiger partial charge in [-0.15, -0.1) is 26.8 Å². The summed E-state index contributed by atoms with van der Waals surface area (Å²) in [6, 6.07) is 0. The zero-order valence-corrected chi connectivity index (χ0v) is 12.8. The summed E-state index contributed by atoms with van der Waals surface area (Å²) in [6.07, 6.45) is 8.43. The van der Waals surface area contributed by atoms with Gasteiger partial charge in [-0.25, -0.2) is 0 Å². The number of rotatable bonds is 0. The Morgan fingerprint density at radius 2 is 0.941 bits per heavy atom. The highest BCUT2D eigenvalue weighted by molar-refractivity contribution is 8.93. The smallest absolute Gasteiger partial charge is 0.317 e. The minimum atomic E-state index is -2.87. The van der Waals surface area contributed by atoms with Crippen LogP contribution in [0.2, 0.25) is 0 Å². The van der Waals surface area contributed by atoms with E-state index in [0.717, 1.165) is 0 Å². The lowest BCUT2D eigenvalue weighted by atomic mass is 10.2. The molecular formula is C10H25BrN2O3P+. The van der Waals surface area contributed by atoms with E-state index in [2.05, 4.69) is 10.6 Å². The molecule has 0 aromatic rings. The molecule has 5 nitrogen and oxygen atoms in total. The summed E-state index contributed by atoms with van der Waals surface area (Å²) in [5.41, 5.74) is 0. The first kappa shape index (κ1) is 19.8. The highest BCUT2D eigenvalue weighted by atomic mass is 79.9. The molecule has 17 heavy (non-hydrogen) atoms. The Morgan fingerprint density at radius 1 is 0.706 bits per heavy atom. The Balaban J connectivity index is 0. The summed E-state index contributed by atoms with van der Waals surface area (Å²) in [4.78, 5) is 14.2. The summed E-state index contributed by atoms with van der Waals surface area (Å²) in [5, 5.41) is 6.57. The molecule has 2 aliphatic rings. The second kappa shape index (κ2) is 16.4. The van der Waals surface area contributed by atoms with E-state index in [9.17, 15) is 0 Å². The van der Waals surface area contributed by atoms with Crippen molar-refractivity contribution in [3.63, 3.8) is 0 Å². The fourth-order valence-corrected chi connectivity index (χ4v) is 1.60. The summed E-state index contributed by atoms with van der Waals surface area (Å²) in [6.45, 7) is 5.00. The normalized spacial score (nSPS) is 18.5. The first-order chi connectivity index (χ1) is 7.73. The van der Waals surface area contributed by atoms with Gasteiger partial charge in [-0.05, 0) is 51.9 Å². The fourth-order valence-electron chi connectivity index (χ4n) is 1.60. The molecule has 2 rings (SSSR count). The van der Waals surface area contributed by atoms with Crippen molar-refractivity contribution in [2.24, 2.45) is 0 Å².